The summed E-state index contributed by atoms with van der Waals surface area (Å²) in [4.78, 5) is 12.0. The van der Waals surface area contributed by atoms with Gasteiger partial charge in [0, 0.05) is 6.42 Å². The van der Waals surface area contributed by atoms with Crippen LogP contribution in [0.1, 0.15) is 53.4 Å². The van der Waals surface area contributed by atoms with E-state index in [1.165, 1.54) is 0 Å². The Balaban J connectivity index is 2.31. The monoisotopic (exact) mass is 236 g/mol. The molecule has 0 saturated heterocycles. The Hall–Kier alpha value is -0.630. The summed E-state index contributed by atoms with van der Waals surface area (Å²) < 4.78 is 0. The number of hydrogen-bond donors (Lipinski definition) is 1. The molecule has 0 spiro atoms. The number of Topliss-reactive ketones (excluding diaryl/α,β-unsaturated/α-hetero) is 1. The maximum atomic E-state index is 12.0. The quantitative estimate of drug-likeness (QED) is 0.759. The number of allylic oxidation sites excluding steroid dienone is 2. The molecule has 2 nitrogen and oxygen atoms in total. The van der Waals surface area contributed by atoms with Gasteiger partial charge in [0.15, 0.2) is 5.78 Å². The Morgan fingerprint density at radius 3 is 2.71 bits per heavy atom. The third-order valence-electron chi connectivity index (χ3n) is 5.00. The average molecular weight is 236 g/mol. The first-order valence-electron chi connectivity index (χ1n) is 6.66. The van der Waals surface area contributed by atoms with E-state index in [-0.39, 0.29) is 5.41 Å². The van der Waals surface area contributed by atoms with Crippen LogP contribution in [-0.2, 0) is 4.79 Å². The summed E-state index contributed by atoms with van der Waals surface area (Å²) in [6.45, 7) is 7.97. The summed E-state index contributed by atoms with van der Waals surface area (Å²) in [6, 6.07) is 0. The molecule has 96 valence electrons. The summed E-state index contributed by atoms with van der Waals surface area (Å²) >= 11 is 0. The summed E-state index contributed by atoms with van der Waals surface area (Å²) in [5.41, 5.74) is 0.378. The van der Waals surface area contributed by atoms with Crippen LogP contribution in [0.3, 0.4) is 0 Å². The van der Waals surface area contributed by atoms with Crippen LogP contribution in [0.15, 0.2) is 11.6 Å². The van der Waals surface area contributed by atoms with Crippen LogP contribution in [0.4, 0.5) is 0 Å². The first kappa shape index (κ1) is 12.8. The highest BCUT2D eigenvalue weighted by Gasteiger charge is 2.50. The van der Waals surface area contributed by atoms with Crippen molar-refractivity contribution in [1.82, 2.24) is 0 Å². The van der Waals surface area contributed by atoms with Crippen LogP contribution >= 0.6 is 0 Å². The van der Waals surface area contributed by atoms with Gasteiger partial charge in [-0.25, -0.2) is 0 Å². The Bertz CT molecular complexity index is 362. The van der Waals surface area contributed by atoms with E-state index in [9.17, 15) is 9.90 Å². The number of rotatable bonds is 1. The molecule has 0 aromatic rings. The molecule has 2 aliphatic rings. The lowest BCUT2D eigenvalue weighted by atomic mass is 9.70. The lowest BCUT2D eigenvalue weighted by molar-refractivity contribution is -0.118. The number of hydrogen-bond acceptors (Lipinski definition) is 2. The van der Waals surface area contributed by atoms with Crippen molar-refractivity contribution in [2.45, 2.75) is 59.0 Å². The number of aliphatic hydroxyl groups is 1. The summed E-state index contributed by atoms with van der Waals surface area (Å²) in [6.07, 6.45) is 5.81. The van der Waals surface area contributed by atoms with Crippen molar-refractivity contribution in [3.8, 4) is 0 Å². The normalized spacial score (nSPS) is 38.6. The van der Waals surface area contributed by atoms with Gasteiger partial charge in [0.1, 0.15) is 0 Å². The third kappa shape index (κ3) is 2.20. The van der Waals surface area contributed by atoms with Crippen molar-refractivity contribution in [3.63, 3.8) is 0 Å². The maximum absolute atomic E-state index is 12.0. The highest BCUT2D eigenvalue weighted by Crippen LogP contribution is 2.55. The van der Waals surface area contributed by atoms with E-state index in [4.69, 9.17) is 0 Å². The maximum Gasteiger partial charge on any atom is 0.158 e. The van der Waals surface area contributed by atoms with E-state index >= 15 is 0 Å². The second-order valence-electron chi connectivity index (χ2n) is 6.78. The topological polar surface area (TPSA) is 37.3 Å². The van der Waals surface area contributed by atoms with Gasteiger partial charge in [-0.05, 0) is 62.9 Å². The lowest BCUT2D eigenvalue weighted by Crippen LogP contribution is -2.37. The highest BCUT2D eigenvalue weighted by molar-refractivity contribution is 5.95. The van der Waals surface area contributed by atoms with Crippen LogP contribution in [-0.4, -0.2) is 16.5 Å². The van der Waals surface area contributed by atoms with Crippen LogP contribution < -0.4 is 0 Å². The molecule has 1 N–H and O–H groups in total. The van der Waals surface area contributed by atoms with Crippen molar-refractivity contribution in [1.29, 1.82) is 0 Å². The van der Waals surface area contributed by atoms with E-state index in [2.05, 4.69) is 13.0 Å². The van der Waals surface area contributed by atoms with E-state index in [1.807, 2.05) is 20.8 Å². The molecule has 2 rings (SSSR count). The molecular weight excluding hydrogens is 212 g/mol. The molecule has 0 aromatic carbocycles. The molecule has 0 bridgehead atoms. The van der Waals surface area contributed by atoms with Gasteiger partial charge in [-0.1, -0.05) is 13.0 Å². The Kier molecular flexibility index (Phi) is 2.97. The molecule has 2 unspecified atom stereocenters. The molecule has 0 heterocycles. The minimum Gasteiger partial charge on any atom is -0.390 e. The molecule has 0 aliphatic heterocycles. The van der Waals surface area contributed by atoms with Gasteiger partial charge in [0.25, 0.3) is 0 Å². The third-order valence-corrected chi connectivity index (χ3v) is 5.00. The molecular formula is C15H24O2. The molecule has 2 aliphatic carbocycles. The van der Waals surface area contributed by atoms with Gasteiger partial charge in [0.05, 0.1) is 5.60 Å². The molecule has 0 aromatic heterocycles. The van der Waals surface area contributed by atoms with Crippen LogP contribution in [0.25, 0.3) is 0 Å². The molecule has 0 amide bonds. The second-order valence-corrected chi connectivity index (χ2v) is 6.78. The van der Waals surface area contributed by atoms with Gasteiger partial charge in [-0.2, -0.15) is 0 Å². The van der Waals surface area contributed by atoms with Gasteiger partial charge in [0.2, 0.25) is 0 Å². The van der Waals surface area contributed by atoms with E-state index in [0.717, 1.165) is 24.8 Å². The first-order chi connectivity index (χ1) is 7.74. The molecule has 3 atom stereocenters. The summed E-state index contributed by atoms with van der Waals surface area (Å²) in [7, 11) is 0. The minimum absolute atomic E-state index is 0.0933. The predicted molar refractivity (Wildman–Crippen MR) is 68.6 cm³/mol. The van der Waals surface area contributed by atoms with Crippen molar-refractivity contribution in [2.24, 2.45) is 17.3 Å². The zero-order valence-electron chi connectivity index (χ0n) is 11.4. The largest absolute Gasteiger partial charge is 0.390 e. The van der Waals surface area contributed by atoms with Crippen molar-refractivity contribution in [3.05, 3.63) is 11.6 Å². The number of ketones is 1. The number of carbonyl (C=O) groups excluding carboxylic acids is 1. The van der Waals surface area contributed by atoms with Crippen molar-refractivity contribution in [2.75, 3.05) is 0 Å². The fourth-order valence-corrected chi connectivity index (χ4v) is 3.80. The predicted octanol–water partition coefficient (Wildman–Crippen LogP) is 3.10. The average Bonchev–Trinajstić information content (AvgIpc) is 2.46. The highest BCUT2D eigenvalue weighted by atomic mass is 16.3. The fraction of sp³-hybridized carbons (Fsp3) is 0.800. The fourth-order valence-electron chi connectivity index (χ4n) is 3.80. The van der Waals surface area contributed by atoms with Crippen molar-refractivity contribution >= 4 is 5.78 Å². The molecule has 1 saturated carbocycles. The lowest BCUT2D eigenvalue weighted by Gasteiger charge is -2.36. The number of carbonyl (C=O) groups is 1. The zero-order valence-corrected chi connectivity index (χ0v) is 11.4. The van der Waals surface area contributed by atoms with Crippen LogP contribution in [0, 0.1) is 17.3 Å². The molecule has 0 radical (unpaired) electrons. The second kappa shape index (κ2) is 3.94. The molecule has 1 fully saturated rings. The zero-order chi connectivity index (χ0) is 12.8. The van der Waals surface area contributed by atoms with E-state index < -0.39 is 5.60 Å². The standard InChI is InChI=1S/C15H24O2/c1-10-5-6-12-11(14(2,3)17)7-8-15(12,4)9-13(10)16/h5,11-12,17H,6-9H2,1-4H3/t11-,12?,15?/m0/s1. The number of fused-ring (bicyclic) bond motifs is 1. The first-order valence-corrected chi connectivity index (χ1v) is 6.66. The summed E-state index contributed by atoms with van der Waals surface area (Å²) in [5.74, 6) is 1.07. The Labute approximate surface area is 104 Å². The molecule has 17 heavy (non-hydrogen) atoms. The van der Waals surface area contributed by atoms with Gasteiger partial charge >= 0.3 is 0 Å². The van der Waals surface area contributed by atoms with Gasteiger partial charge < -0.3 is 5.11 Å². The SMILES string of the molecule is CC1=CCC2[C@@H](C(C)(C)O)CCC2(C)CC1=O. The summed E-state index contributed by atoms with van der Waals surface area (Å²) in [5, 5.41) is 10.3. The van der Waals surface area contributed by atoms with Crippen LogP contribution in [0.2, 0.25) is 0 Å². The molecule has 2 heteroatoms. The van der Waals surface area contributed by atoms with E-state index in [1.54, 1.807) is 0 Å². The van der Waals surface area contributed by atoms with Crippen molar-refractivity contribution < 1.29 is 9.90 Å². The van der Waals surface area contributed by atoms with Gasteiger partial charge in [-0.3, -0.25) is 4.79 Å². The van der Waals surface area contributed by atoms with Crippen LogP contribution in [0.5, 0.6) is 0 Å². The minimum atomic E-state index is -0.627. The van der Waals surface area contributed by atoms with Gasteiger partial charge in [-0.15, -0.1) is 0 Å². The van der Waals surface area contributed by atoms with E-state index in [0.29, 0.717) is 24.0 Å². The Morgan fingerprint density at radius 1 is 1.47 bits per heavy atom. The smallest absolute Gasteiger partial charge is 0.158 e. The Morgan fingerprint density at radius 2 is 2.12 bits per heavy atom.